The van der Waals surface area contributed by atoms with Gasteiger partial charge in [0.15, 0.2) is 11.5 Å². The molecule has 0 fully saturated rings. The number of benzene rings is 2. The summed E-state index contributed by atoms with van der Waals surface area (Å²) in [6, 6.07) is 9.74. The van der Waals surface area contributed by atoms with Crippen molar-refractivity contribution in [3.63, 3.8) is 0 Å². The van der Waals surface area contributed by atoms with Crippen LogP contribution in [-0.4, -0.2) is 26.2 Å². The van der Waals surface area contributed by atoms with E-state index in [0.717, 1.165) is 23.8 Å². The lowest BCUT2D eigenvalue weighted by Gasteiger charge is -2.26. The fourth-order valence-electron chi connectivity index (χ4n) is 2.75. The normalized spacial score (nSPS) is 16.0. The summed E-state index contributed by atoms with van der Waals surface area (Å²) in [6.07, 6.45) is 0.760. The Bertz CT molecular complexity index is 766. The van der Waals surface area contributed by atoms with Gasteiger partial charge in [-0.25, -0.2) is 4.39 Å². The number of nitrogens with one attached hydrogen (secondary N) is 1. The van der Waals surface area contributed by atoms with E-state index < -0.39 is 11.7 Å². The molecule has 4 nitrogen and oxygen atoms in total. The van der Waals surface area contributed by atoms with Crippen molar-refractivity contribution in [2.45, 2.75) is 6.42 Å². The zero-order valence-electron chi connectivity index (χ0n) is 13.1. The molecule has 0 bridgehead atoms. The number of ether oxygens (including phenoxy) is 2. The lowest BCUT2D eigenvalue weighted by molar-refractivity contribution is 0.0934. The predicted molar refractivity (Wildman–Crippen MR) is 89.4 cm³/mol. The summed E-state index contributed by atoms with van der Waals surface area (Å²) < 4.78 is 24.8. The van der Waals surface area contributed by atoms with Gasteiger partial charge in [-0.1, -0.05) is 23.7 Å². The molecule has 0 unspecified atom stereocenters. The summed E-state index contributed by atoms with van der Waals surface area (Å²) in [7, 11) is 1.60. The van der Waals surface area contributed by atoms with Crippen LogP contribution in [0.15, 0.2) is 36.4 Å². The largest absolute Gasteiger partial charge is 0.493 e. The maximum Gasteiger partial charge on any atom is 0.254 e. The van der Waals surface area contributed by atoms with E-state index in [1.165, 1.54) is 12.1 Å². The van der Waals surface area contributed by atoms with E-state index in [-0.39, 0.29) is 16.5 Å². The van der Waals surface area contributed by atoms with E-state index in [1.807, 2.05) is 18.2 Å². The predicted octanol–water partition coefficient (Wildman–Crippen LogP) is 3.47. The summed E-state index contributed by atoms with van der Waals surface area (Å²) in [4.78, 5) is 12.1. The fourth-order valence-corrected chi connectivity index (χ4v) is 2.91. The highest BCUT2D eigenvalue weighted by molar-refractivity contribution is 6.30. The summed E-state index contributed by atoms with van der Waals surface area (Å²) in [5, 5.41) is 3.01. The molecular formula is C18H17ClFNO3. The van der Waals surface area contributed by atoms with Gasteiger partial charge in [0.25, 0.3) is 5.91 Å². The van der Waals surface area contributed by atoms with Crippen LogP contribution in [0.25, 0.3) is 0 Å². The van der Waals surface area contributed by atoms with Crippen LogP contribution in [0, 0.1) is 11.7 Å². The molecule has 1 aliphatic heterocycles. The standard InChI is InChI=1S/C18H17ClFNO3/c1-23-16-4-2-3-12-7-11(10-24-17(12)16)9-21-18(22)14-6-5-13(19)8-15(14)20/h2-6,8,11H,7,9-10H2,1H3,(H,21,22)/t11-/m1/s1. The number of hydrogen-bond donors (Lipinski definition) is 1. The van der Waals surface area contributed by atoms with Crippen molar-refractivity contribution >= 4 is 17.5 Å². The minimum Gasteiger partial charge on any atom is -0.493 e. The zero-order chi connectivity index (χ0) is 17.1. The topological polar surface area (TPSA) is 47.6 Å². The number of rotatable bonds is 4. The van der Waals surface area contributed by atoms with E-state index in [9.17, 15) is 9.18 Å². The Balaban J connectivity index is 1.62. The van der Waals surface area contributed by atoms with Crippen molar-refractivity contribution in [3.8, 4) is 11.5 Å². The van der Waals surface area contributed by atoms with Crippen molar-refractivity contribution in [3.05, 3.63) is 58.4 Å². The SMILES string of the molecule is COc1cccc2c1OC[C@@H](CNC(=O)c1ccc(Cl)cc1F)C2. The molecule has 2 aromatic carbocycles. The van der Waals surface area contributed by atoms with Crippen LogP contribution in [0.3, 0.4) is 0 Å². The maximum absolute atomic E-state index is 13.8. The Kier molecular flexibility index (Phi) is 4.90. The van der Waals surface area contributed by atoms with Crippen LogP contribution in [0.2, 0.25) is 5.02 Å². The van der Waals surface area contributed by atoms with Crippen LogP contribution in [-0.2, 0) is 6.42 Å². The number of halogens is 2. The Labute approximate surface area is 144 Å². The molecule has 0 saturated carbocycles. The van der Waals surface area contributed by atoms with Crippen LogP contribution < -0.4 is 14.8 Å². The first-order valence-electron chi connectivity index (χ1n) is 7.60. The monoisotopic (exact) mass is 349 g/mol. The molecule has 1 atom stereocenters. The second-order valence-corrected chi connectivity index (χ2v) is 6.10. The molecule has 1 N–H and O–H groups in total. The molecule has 6 heteroatoms. The number of carbonyl (C=O) groups excluding carboxylic acids is 1. The van der Waals surface area contributed by atoms with Gasteiger partial charge in [0.05, 0.1) is 19.3 Å². The molecule has 2 aromatic rings. The number of hydrogen-bond acceptors (Lipinski definition) is 3. The highest BCUT2D eigenvalue weighted by Gasteiger charge is 2.23. The lowest BCUT2D eigenvalue weighted by atomic mass is 9.96. The van der Waals surface area contributed by atoms with E-state index in [0.29, 0.717) is 18.9 Å². The first kappa shape index (κ1) is 16.6. The number of para-hydroxylation sites is 1. The number of amides is 1. The quantitative estimate of drug-likeness (QED) is 0.919. The Morgan fingerprint density at radius 1 is 1.42 bits per heavy atom. The molecule has 1 aliphatic rings. The summed E-state index contributed by atoms with van der Waals surface area (Å²) >= 11 is 5.69. The van der Waals surface area contributed by atoms with Gasteiger partial charge in [-0.15, -0.1) is 0 Å². The first-order chi connectivity index (χ1) is 11.6. The first-order valence-corrected chi connectivity index (χ1v) is 7.98. The second-order valence-electron chi connectivity index (χ2n) is 5.66. The molecule has 0 radical (unpaired) electrons. The van der Waals surface area contributed by atoms with Crippen molar-refractivity contribution in [1.29, 1.82) is 0 Å². The third-order valence-corrected chi connectivity index (χ3v) is 4.21. The Morgan fingerprint density at radius 2 is 2.25 bits per heavy atom. The molecule has 1 heterocycles. The van der Waals surface area contributed by atoms with Crippen LogP contribution in [0.5, 0.6) is 11.5 Å². The van der Waals surface area contributed by atoms with E-state index >= 15 is 0 Å². The van der Waals surface area contributed by atoms with Crippen LogP contribution >= 0.6 is 11.6 Å². The van der Waals surface area contributed by atoms with E-state index in [4.69, 9.17) is 21.1 Å². The third-order valence-electron chi connectivity index (χ3n) is 3.98. The van der Waals surface area contributed by atoms with Crippen molar-refractivity contribution in [2.75, 3.05) is 20.3 Å². The summed E-state index contributed by atoms with van der Waals surface area (Å²) in [5.41, 5.74) is 1.02. The minimum absolute atomic E-state index is 0.0156. The second kappa shape index (κ2) is 7.09. The Morgan fingerprint density at radius 3 is 3.00 bits per heavy atom. The van der Waals surface area contributed by atoms with Gasteiger partial charge in [-0.05, 0) is 36.2 Å². The van der Waals surface area contributed by atoms with Crippen LogP contribution in [0.1, 0.15) is 15.9 Å². The van der Waals surface area contributed by atoms with E-state index in [1.54, 1.807) is 7.11 Å². The molecule has 3 rings (SSSR count). The number of fused-ring (bicyclic) bond motifs is 1. The van der Waals surface area contributed by atoms with Gasteiger partial charge in [-0.3, -0.25) is 4.79 Å². The van der Waals surface area contributed by atoms with Crippen molar-refractivity contribution in [1.82, 2.24) is 5.32 Å². The van der Waals surface area contributed by atoms with Gasteiger partial charge in [0.1, 0.15) is 5.82 Å². The molecule has 1 amide bonds. The van der Waals surface area contributed by atoms with Gasteiger partial charge >= 0.3 is 0 Å². The van der Waals surface area contributed by atoms with Crippen molar-refractivity contribution < 1.29 is 18.7 Å². The van der Waals surface area contributed by atoms with Crippen LogP contribution in [0.4, 0.5) is 4.39 Å². The Hall–Kier alpha value is -2.27. The maximum atomic E-state index is 13.8. The highest BCUT2D eigenvalue weighted by atomic mass is 35.5. The molecule has 0 spiro atoms. The number of carbonyl (C=O) groups is 1. The molecule has 126 valence electrons. The average Bonchev–Trinajstić information content (AvgIpc) is 2.58. The van der Waals surface area contributed by atoms with Gasteiger partial charge in [-0.2, -0.15) is 0 Å². The fraction of sp³-hybridized carbons (Fsp3) is 0.278. The molecule has 0 saturated heterocycles. The lowest BCUT2D eigenvalue weighted by Crippen LogP contribution is -2.35. The van der Waals surface area contributed by atoms with E-state index in [2.05, 4.69) is 5.32 Å². The summed E-state index contributed by atoms with van der Waals surface area (Å²) in [6.45, 7) is 0.869. The minimum atomic E-state index is -0.630. The zero-order valence-corrected chi connectivity index (χ0v) is 13.9. The third kappa shape index (κ3) is 3.46. The summed E-state index contributed by atoms with van der Waals surface area (Å²) in [5.74, 6) is 0.490. The molecule has 0 aromatic heterocycles. The van der Waals surface area contributed by atoms with Gasteiger partial charge < -0.3 is 14.8 Å². The molecule has 24 heavy (non-hydrogen) atoms. The van der Waals surface area contributed by atoms with Crippen molar-refractivity contribution in [2.24, 2.45) is 5.92 Å². The van der Waals surface area contributed by atoms with Gasteiger partial charge in [0.2, 0.25) is 0 Å². The highest BCUT2D eigenvalue weighted by Crippen LogP contribution is 2.35. The average molecular weight is 350 g/mol. The molecular weight excluding hydrogens is 333 g/mol. The molecule has 0 aliphatic carbocycles. The van der Waals surface area contributed by atoms with Gasteiger partial charge in [0, 0.05) is 17.5 Å². The smallest absolute Gasteiger partial charge is 0.254 e. The number of methoxy groups -OCH3 is 1.